The zero-order valence-electron chi connectivity index (χ0n) is 17.9. The van der Waals surface area contributed by atoms with E-state index >= 15 is 0 Å². The van der Waals surface area contributed by atoms with E-state index in [4.69, 9.17) is 9.57 Å². The molecule has 3 aromatic carbocycles. The molecule has 0 saturated heterocycles. The van der Waals surface area contributed by atoms with Crippen LogP contribution in [-0.2, 0) is 16.2 Å². The van der Waals surface area contributed by atoms with Crippen molar-refractivity contribution < 1.29 is 14.4 Å². The van der Waals surface area contributed by atoms with Gasteiger partial charge in [-0.25, -0.2) is 0 Å². The van der Waals surface area contributed by atoms with E-state index in [2.05, 4.69) is 17.0 Å². The van der Waals surface area contributed by atoms with E-state index in [0.29, 0.717) is 25.0 Å². The third-order valence-electron chi connectivity index (χ3n) is 6.01. The number of rotatable bonds is 5. The molecule has 0 spiro atoms. The lowest BCUT2D eigenvalue weighted by Gasteiger charge is -2.22. The molecule has 158 valence electrons. The predicted molar refractivity (Wildman–Crippen MR) is 124 cm³/mol. The molecule has 0 fully saturated rings. The number of carbonyl (C=O) groups is 1. The minimum absolute atomic E-state index is 0.0861. The topological polar surface area (TPSA) is 47.9 Å². The van der Waals surface area contributed by atoms with Gasteiger partial charge in [-0.05, 0) is 28.8 Å². The van der Waals surface area contributed by atoms with Crippen LogP contribution in [0.5, 0.6) is 0 Å². The molecule has 2 atom stereocenters. The van der Waals surface area contributed by atoms with Crippen LogP contribution in [0.4, 0.5) is 0 Å². The maximum atomic E-state index is 13.6. The molecule has 0 bridgehead atoms. The lowest BCUT2D eigenvalue weighted by atomic mass is 9.81. The van der Waals surface area contributed by atoms with E-state index in [1.54, 1.807) is 7.11 Å². The summed E-state index contributed by atoms with van der Waals surface area (Å²) in [7, 11) is 1.69. The Morgan fingerprint density at radius 3 is 2.50 bits per heavy atom. The number of Topliss-reactive ketones (excluding diaryl/α,β-unsaturated/α-hetero) is 1. The molecular weight excluding hydrogens is 398 g/mol. The van der Waals surface area contributed by atoms with Crippen LogP contribution < -0.4 is 0 Å². The highest BCUT2D eigenvalue weighted by Crippen LogP contribution is 2.34. The van der Waals surface area contributed by atoms with Gasteiger partial charge in [-0.1, -0.05) is 77.7 Å². The summed E-state index contributed by atoms with van der Waals surface area (Å²) in [6, 6.07) is 23.7. The van der Waals surface area contributed by atoms with Crippen molar-refractivity contribution in [1.29, 1.82) is 0 Å². The average Bonchev–Trinajstić information content (AvgIpc) is 3.30. The van der Waals surface area contributed by atoms with Gasteiger partial charge in [0.15, 0.2) is 5.78 Å². The number of nitrogens with zero attached hydrogens (tertiary/aromatic N) is 1. The van der Waals surface area contributed by atoms with Crippen LogP contribution in [0, 0.1) is 11.8 Å². The summed E-state index contributed by atoms with van der Waals surface area (Å²) in [6.07, 6.45) is 1.06. The average molecular weight is 421 g/mol. The first-order chi connectivity index (χ1) is 15.7. The molecule has 1 heterocycles. The number of ether oxygens (including phenoxy) is 1. The first-order valence-corrected chi connectivity index (χ1v) is 10.8. The van der Waals surface area contributed by atoms with Crippen LogP contribution in [0.25, 0.3) is 0 Å². The van der Waals surface area contributed by atoms with Gasteiger partial charge >= 0.3 is 0 Å². The van der Waals surface area contributed by atoms with Gasteiger partial charge in [0.05, 0.1) is 18.2 Å². The van der Waals surface area contributed by atoms with Gasteiger partial charge in [-0.2, -0.15) is 0 Å². The molecule has 2 unspecified atom stereocenters. The van der Waals surface area contributed by atoms with Crippen LogP contribution >= 0.6 is 0 Å². The molecular formula is C28H23NO3. The molecule has 32 heavy (non-hydrogen) atoms. The normalized spacial score (nSPS) is 18.9. The van der Waals surface area contributed by atoms with Crippen LogP contribution in [0.3, 0.4) is 0 Å². The fourth-order valence-electron chi connectivity index (χ4n) is 4.37. The molecule has 3 aromatic rings. The lowest BCUT2D eigenvalue weighted by Crippen LogP contribution is -2.22. The standard InChI is InChI=1S/C28H23NO3/c1-31-18-19-10-12-22(13-11-19)27-17-23(32-29-27)16-26-24-8-4-2-6-20(24)14-15-21-7-3-5-9-25(21)28(26)30/h2-13,23,26H,16-18H2,1H3. The van der Waals surface area contributed by atoms with Gasteiger partial charge < -0.3 is 9.57 Å². The van der Waals surface area contributed by atoms with Crippen LogP contribution in [0.1, 0.15) is 56.9 Å². The molecule has 0 aromatic heterocycles. The van der Waals surface area contributed by atoms with Gasteiger partial charge in [0.1, 0.15) is 6.10 Å². The number of fused-ring (bicyclic) bond motifs is 2. The molecule has 0 radical (unpaired) electrons. The van der Waals surface area contributed by atoms with Crippen LogP contribution in [-0.4, -0.2) is 24.7 Å². The summed E-state index contributed by atoms with van der Waals surface area (Å²) in [5.74, 6) is 6.20. The molecule has 0 N–H and O–H groups in total. The number of methoxy groups -OCH3 is 1. The fraction of sp³-hybridized carbons (Fsp3) is 0.214. The van der Waals surface area contributed by atoms with Gasteiger partial charge in [0.2, 0.25) is 0 Å². The highest BCUT2D eigenvalue weighted by molar-refractivity contribution is 6.04. The zero-order chi connectivity index (χ0) is 21.9. The minimum Gasteiger partial charge on any atom is -0.392 e. The van der Waals surface area contributed by atoms with Crippen molar-refractivity contribution in [2.24, 2.45) is 5.16 Å². The number of benzene rings is 3. The van der Waals surface area contributed by atoms with Gasteiger partial charge in [0.25, 0.3) is 0 Å². The first kappa shape index (κ1) is 20.2. The van der Waals surface area contributed by atoms with Crippen molar-refractivity contribution in [1.82, 2.24) is 0 Å². The van der Waals surface area contributed by atoms with Crippen LogP contribution in [0.2, 0.25) is 0 Å². The first-order valence-electron chi connectivity index (χ1n) is 10.8. The van der Waals surface area contributed by atoms with E-state index in [-0.39, 0.29) is 17.8 Å². The van der Waals surface area contributed by atoms with Crippen molar-refractivity contribution in [2.45, 2.75) is 31.5 Å². The summed E-state index contributed by atoms with van der Waals surface area (Å²) in [5.41, 5.74) is 6.36. The zero-order valence-corrected chi connectivity index (χ0v) is 17.9. The largest absolute Gasteiger partial charge is 0.392 e. The van der Waals surface area contributed by atoms with Gasteiger partial charge in [-0.15, -0.1) is 0 Å². The lowest BCUT2D eigenvalue weighted by molar-refractivity contribution is 0.0669. The van der Waals surface area contributed by atoms with Crippen molar-refractivity contribution in [2.75, 3.05) is 7.11 Å². The van der Waals surface area contributed by atoms with E-state index in [0.717, 1.165) is 33.5 Å². The minimum atomic E-state index is -0.328. The number of ketones is 1. The molecule has 2 aliphatic rings. The summed E-state index contributed by atoms with van der Waals surface area (Å²) in [4.78, 5) is 19.4. The monoisotopic (exact) mass is 421 g/mol. The predicted octanol–water partition coefficient (Wildman–Crippen LogP) is 5.10. The smallest absolute Gasteiger partial charge is 0.171 e. The highest BCUT2D eigenvalue weighted by atomic mass is 16.6. The second-order valence-corrected chi connectivity index (χ2v) is 8.13. The maximum Gasteiger partial charge on any atom is 0.171 e. The molecule has 1 aliphatic carbocycles. The Morgan fingerprint density at radius 1 is 0.969 bits per heavy atom. The highest BCUT2D eigenvalue weighted by Gasteiger charge is 2.33. The second-order valence-electron chi connectivity index (χ2n) is 8.13. The summed E-state index contributed by atoms with van der Waals surface area (Å²) < 4.78 is 5.18. The van der Waals surface area contributed by atoms with Crippen molar-refractivity contribution in [3.63, 3.8) is 0 Å². The Morgan fingerprint density at radius 2 is 1.69 bits per heavy atom. The quantitative estimate of drug-likeness (QED) is 0.539. The summed E-state index contributed by atoms with van der Waals surface area (Å²) >= 11 is 0. The van der Waals surface area contributed by atoms with E-state index < -0.39 is 0 Å². The Bertz CT molecular complexity index is 1250. The Labute approximate surface area is 187 Å². The molecule has 0 saturated carbocycles. The maximum absolute atomic E-state index is 13.6. The van der Waals surface area contributed by atoms with Gasteiger partial charge in [-0.3, -0.25) is 4.79 Å². The van der Waals surface area contributed by atoms with Crippen molar-refractivity contribution in [3.05, 3.63) is 106 Å². The summed E-state index contributed by atoms with van der Waals surface area (Å²) in [5, 5.41) is 4.34. The Kier molecular flexibility index (Phi) is 5.58. The number of carbonyl (C=O) groups excluding carboxylic acids is 1. The van der Waals surface area contributed by atoms with Crippen LogP contribution in [0.15, 0.2) is 78.0 Å². The molecule has 5 rings (SSSR count). The second kappa shape index (κ2) is 8.82. The third kappa shape index (κ3) is 3.95. The van der Waals surface area contributed by atoms with Gasteiger partial charge in [0, 0.05) is 36.6 Å². The third-order valence-corrected chi connectivity index (χ3v) is 6.01. The van der Waals surface area contributed by atoms with E-state index in [1.807, 2.05) is 72.8 Å². The number of hydrogen-bond donors (Lipinski definition) is 0. The Hall–Kier alpha value is -3.68. The van der Waals surface area contributed by atoms with Crippen molar-refractivity contribution in [3.8, 4) is 11.8 Å². The summed E-state index contributed by atoms with van der Waals surface area (Å²) in [6.45, 7) is 0.583. The number of oxime groups is 1. The molecule has 4 nitrogen and oxygen atoms in total. The van der Waals surface area contributed by atoms with Crippen molar-refractivity contribution >= 4 is 11.5 Å². The van der Waals surface area contributed by atoms with E-state index in [9.17, 15) is 4.79 Å². The SMILES string of the molecule is COCc1ccc(C2=NOC(CC3C(=O)c4ccccc4C#Cc4ccccc43)C2)cc1. The molecule has 1 aliphatic heterocycles. The molecule has 4 heteroatoms. The molecule has 0 amide bonds. The van der Waals surface area contributed by atoms with E-state index in [1.165, 1.54) is 0 Å². The fourth-order valence-corrected chi connectivity index (χ4v) is 4.37. The Balaban J connectivity index is 1.40. The number of hydrogen-bond acceptors (Lipinski definition) is 4.